The van der Waals surface area contributed by atoms with Gasteiger partial charge in [0.25, 0.3) is 5.91 Å². The van der Waals surface area contributed by atoms with E-state index in [1.807, 2.05) is 37.3 Å². The lowest BCUT2D eigenvalue weighted by Gasteiger charge is -2.25. The predicted octanol–water partition coefficient (Wildman–Crippen LogP) is 2.77. The van der Waals surface area contributed by atoms with Gasteiger partial charge in [0.2, 0.25) is 5.91 Å². The minimum absolute atomic E-state index is 0.109. The van der Waals surface area contributed by atoms with Gasteiger partial charge >= 0.3 is 5.97 Å². The van der Waals surface area contributed by atoms with E-state index in [1.165, 1.54) is 7.11 Å². The summed E-state index contributed by atoms with van der Waals surface area (Å²) in [7, 11) is 1.33. The molecule has 0 bridgehead atoms. The zero-order chi connectivity index (χ0) is 21.0. The number of nitrogens with one attached hydrogen (secondary N) is 2. The standard InChI is InChI=1S/C22H27N3O4/c1-4-16-19(22(28)29-3)14(2)20(23-16)21(27)24-17(15-9-6-5-7-10-15)13-25-12-8-11-18(25)26/h5-7,9-10,17,23H,4,8,11-13H2,1-3H3,(H,24,27). The van der Waals surface area contributed by atoms with Gasteiger partial charge in [-0.2, -0.15) is 0 Å². The Labute approximate surface area is 170 Å². The molecule has 2 amide bonds. The number of likely N-dealkylation sites (tertiary alicyclic amines) is 1. The van der Waals surface area contributed by atoms with Crippen LogP contribution < -0.4 is 5.32 Å². The molecule has 0 radical (unpaired) electrons. The molecule has 2 heterocycles. The molecule has 1 aromatic heterocycles. The summed E-state index contributed by atoms with van der Waals surface area (Å²) >= 11 is 0. The molecule has 1 aliphatic rings. The largest absolute Gasteiger partial charge is 0.465 e. The van der Waals surface area contributed by atoms with Gasteiger partial charge < -0.3 is 19.9 Å². The third-order valence-corrected chi connectivity index (χ3v) is 5.38. The lowest BCUT2D eigenvalue weighted by Crippen LogP contribution is -2.39. The van der Waals surface area contributed by atoms with Crippen molar-refractivity contribution in [1.82, 2.24) is 15.2 Å². The number of aryl methyl sites for hydroxylation is 1. The second-order valence-electron chi connectivity index (χ2n) is 7.20. The molecule has 154 valence electrons. The van der Waals surface area contributed by atoms with Crippen molar-refractivity contribution in [2.75, 3.05) is 20.2 Å². The maximum Gasteiger partial charge on any atom is 0.339 e. The first-order valence-corrected chi connectivity index (χ1v) is 9.89. The third-order valence-electron chi connectivity index (χ3n) is 5.38. The van der Waals surface area contributed by atoms with Gasteiger partial charge in [-0.1, -0.05) is 37.3 Å². The zero-order valence-electron chi connectivity index (χ0n) is 17.1. The molecule has 0 spiro atoms. The van der Waals surface area contributed by atoms with Crippen LogP contribution in [0.3, 0.4) is 0 Å². The van der Waals surface area contributed by atoms with E-state index in [0.717, 1.165) is 12.0 Å². The number of benzene rings is 1. The van der Waals surface area contributed by atoms with Gasteiger partial charge in [0.05, 0.1) is 18.7 Å². The molecule has 29 heavy (non-hydrogen) atoms. The Kier molecular flexibility index (Phi) is 6.36. The van der Waals surface area contributed by atoms with Crippen LogP contribution in [0.5, 0.6) is 0 Å². The van der Waals surface area contributed by atoms with Crippen molar-refractivity contribution in [3.8, 4) is 0 Å². The van der Waals surface area contributed by atoms with Gasteiger partial charge in [0.15, 0.2) is 0 Å². The lowest BCUT2D eigenvalue weighted by atomic mass is 10.1. The smallest absolute Gasteiger partial charge is 0.339 e. The number of H-pyrrole nitrogens is 1. The summed E-state index contributed by atoms with van der Waals surface area (Å²) in [6.07, 6.45) is 1.96. The Bertz CT molecular complexity index is 904. The van der Waals surface area contributed by atoms with E-state index in [4.69, 9.17) is 4.74 Å². The third kappa shape index (κ3) is 4.34. The maximum absolute atomic E-state index is 13.1. The Balaban J connectivity index is 1.87. The van der Waals surface area contributed by atoms with Crippen LogP contribution in [-0.4, -0.2) is 47.9 Å². The van der Waals surface area contributed by atoms with Crippen molar-refractivity contribution in [1.29, 1.82) is 0 Å². The van der Waals surface area contributed by atoms with Crippen molar-refractivity contribution < 1.29 is 19.1 Å². The average molecular weight is 397 g/mol. The Morgan fingerprint density at radius 1 is 1.28 bits per heavy atom. The van der Waals surface area contributed by atoms with Crippen molar-refractivity contribution >= 4 is 17.8 Å². The van der Waals surface area contributed by atoms with Crippen LogP contribution in [0.15, 0.2) is 30.3 Å². The fourth-order valence-corrected chi connectivity index (χ4v) is 3.80. The molecule has 0 saturated carbocycles. The highest BCUT2D eigenvalue weighted by atomic mass is 16.5. The number of ether oxygens (including phenoxy) is 1. The molecule has 1 aromatic carbocycles. The second kappa shape index (κ2) is 8.94. The van der Waals surface area contributed by atoms with Crippen LogP contribution in [0.4, 0.5) is 0 Å². The molecule has 0 aliphatic carbocycles. The van der Waals surface area contributed by atoms with Gasteiger partial charge in [-0.25, -0.2) is 4.79 Å². The summed E-state index contributed by atoms with van der Waals surface area (Å²) < 4.78 is 4.87. The van der Waals surface area contributed by atoms with Crippen molar-refractivity contribution in [2.24, 2.45) is 0 Å². The fourth-order valence-electron chi connectivity index (χ4n) is 3.80. The second-order valence-corrected chi connectivity index (χ2v) is 7.20. The number of carbonyl (C=O) groups excluding carboxylic acids is 3. The number of amides is 2. The number of hydrogen-bond acceptors (Lipinski definition) is 4. The maximum atomic E-state index is 13.1. The summed E-state index contributed by atoms with van der Waals surface area (Å²) in [4.78, 5) is 42.2. The number of carbonyl (C=O) groups is 3. The zero-order valence-corrected chi connectivity index (χ0v) is 17.1. The number of hydrogen-bond donors (Lipinski definition) is 2. The van der Waals surface area contributed by atoms with E-state index in [9.17, 15) is 14.4 Å². The summed E-state index contributed by atoms with van der Waals surface area (Å²) in [5.74, 6) is -0.665. The van der Waals surface area contributed by atoms with Crippen LogP contribution in [0.25, 0.3) is 0 Å². The number of aromatic nitrogens is 1. The highest BCUT2D eigenvalue weighted by molar-refractivity contribution is 6.00. The van der Waals surface area contributed by atoms with Crippen molar-refractivity contribution in [2.45, 2.75) is 39.2 Å². The Morgan fingerprint density at radius 2 is 2.00 bits per heavy atom. The molecule has 2 aromatic rings. The SMILES string of the molecule is CCc1[nH]c(C(=O)NC(CN2CCCC2=O)c2ccccc2)c(C)c1C(=O)OC. The molecule has 1 fully saturated rings. The molecule has 7 nitrogen and oxygen atoms in total. The van der Waals surface area contributed by atoms with Crippen molar-refractivity contribution in [3.05, 3.63) is 58.4 Å². The number of methoxy groups -OCH3 is 1. The molecule has 3 rings (SSSR count). The summed E-state index contributed by atoms with van der Waals surface area (Å²) in [5, 5.41) is 3.04. The monoisotopic (exact) mass is 397 g/mol. The highest BCUT2D eigenvalue weighted by Gasteiger charge is 2.28. The minimum Gasteiger partial charge on any atom is -0.465 e. The van der Waals surface area contributed by atoms with E-state index in [2.05, 4.69) is 10.3 Å². The first-order valence-electron chi connectivity index (χ1n) is 9.89. The first-order chi connectivity index (χ1) is 14.0. The molecule has 2 N–H and O–H groups in total. The molecule has 1 atom stereocenters. The predicted molar refractivity (Wildman–Crippen MR) is 109 cm³/mol. The highest BCUT2D eigenvalue weighted by Crippen LogP contribution is 2.23. The van der Waals surface area contributed by atoms with Crippen LogP contribution in [0.2, 0.25) is 0 Å². The molecule has 1 unspecified atom stereocenters. The number of esters is 1. The molecule has 7 heteroatoms. The number of rotatable bonds is 7. The van der Waals surface area contributed by atoms with Crippen molar-refractivity contribution in [3.63, 3.8) is 0 Å². The van der Waals surface area contributed by atoms with Gasteiger partial charge in [-0.15, -0.1) is 0 Å². The number of aromatic amines is 1. The summed E-state index contributed by atoms with van der Waals surface area (Å²) in [6.45, 7) is 4.76. The van der Waals surface area contributed by atoms with Crippen LogP contribution in [0.1, 0.15) is 63.5 Å². The molecular formula is C22H27N3O4. The van der Waals surface area contributed by atoms with E-state index < -0.39 is 5.97 Å². The van der Waals surface area contributed by atoms with Crippen LogP contribution >= 0.6 is 0 Å². The van der Waals surface area contributed by atoms with Crippen LogP contribution in [-0.2, 0) is 16.0 Å². The minimum atomic E-state index is -0.461. The lowest BCUT2D eigenvalue weighted by molar-refractivity contribution is -0.128. The molecule has 1 saturated heterocycles. The van der Waals surface area contributed by atoms with Gasteiger partial charge in [-0.3, -0.25) is 9.59 Å². The number of nitrogens with zero attached hydrogens (tertiary/aromatic N) is 1. The molecule has 1 aliphatic heterocycles. The van der Waals surface area contributed by atoms with E-state index in [1.54, 1.807) is 11.8 Å². The Hall–Kier alpha value is -3.09. The summed E-state index contributed by atoms with van der Waals surface area (Å²) in [5.41, 5.74) is 2.91. The van der Waals surface area contributed by atoms with E-state index >= 15 is 0 Å². The fraction of sp³-hybridized carbons (Fsp3) is 0.409. The van der Waals surface area contributed by atoms with Crippen LogP contribution in [0, 0.1) is 6.92 Å². The quantitative estimate of drug-likeness (QED) is 0.703. The van der Waals surface area contributed by atoms with E-state index in [0.29, 0.717) is 48.4 Å². The Morgan fingerprint density at radius 3 is 2.59 bits per heavy atom. The summed E-state index contributed by atoms with van der Waals surface area (Å²) in [6, 6.07) is 9.25. The van der Waals surface area contributed by atoms with Gasteiger partial charge in [0, 0.05) is 25.2 Å². The van der Waals surface area contributed by atoms with Gasteiger partial charge in [0.1, 0.15) is 5.69 Å². The molecular weight excluding hydrogens is 370 g/mol. The first kappa shape index (κ1) is 20.6. The average Bonchev–Trinajstić information content (AvgIpc) is 3.30. The van der Waals surface area contributed by atoms with E-state index in [-0.39, 0.29) is 17.9 Å². The topological polar surface area (TPSA) is 91.5 Å². The van der Waals surface area contributed by atoms with Gasteiger partial charge in [-0.05, 0) is 30.9 Å². The normalized spacial score (nSPS) is 14.7.